The maximum absolute atomic E-state index is 10.6. The molecule has 0 saturated heterocycles. The fourth-order valence-corrected chi connectivity index (χ4v) is 0.598. The molecular weight excluding hydrogens is 134 g/mol. The maximum Gasteiger partial charge on any atom is 0.141 e. The second-order valence-electron chi connectivity index (χ2n) is 1.88. The van der Waals surface area contributed by atoms with E-state index in [0.29, 0.717) is 0 Å². The van der Waals surface area contributed by atoms with Crippen molar-refractivity contribution >= 4 is 5.69 Å². The van der Waals surface area contributed by atoms with Crippen LogP contribution in [0.25, 0.3) is 0 Å². The van der Waals surface area contributed by atoms with Crippen molar-refractivity contribution in [2.75, 3.05) is 5.73 Å². The fraction of sp³-hybridized carbons (Fsp3) is 0. The summed E-state index contributed by atoms with van der Waals surface area (Å²) >= 11 is 0. The van der Waals surface area contributed by atoms with Crippen LogP contribution in [0.3, 0.4) is 0 Å². The molecule has 0 aliphatic carbocycles. The first-order valence-electron chi connectivity index (χ1n) is 2.59. The molecule has 0 radical (unpaired) electrons. The minimum absolute atomic E-state index is 0.238. The zero-order valence-corrected chi connectivity index (χ0v) is 5.03. The Hall–Kier alpha value is -1.58. The molecule has 4 heteroatoms. The Morgan fingerprint density at radius 3 is 2.40 bits per heavy atom. The van der Waals surface area contributed by atoms with Gasteiger partial charge < -0.3 is 21.1 Å². The topological polar surface area (TPSA) is 89.5 Å². The molecule has 4 nitrogen and oxygen atoms in total. The molecule has 0 aliphatic heterocycles. The van der Waals surface area contributed by atoms with Crippen LogP contribution in [0.4, 0.5) is 5.69 Å². The van der Waals surface area contributed by atoms with Gasteiger partial charge in [0.25, 0.3) is 0 Å². The molecule has 0 atom stereocenters. The van der Waals surface area contributed by atoms with Crippen LogP contribution >= 0.6 is 0 Å². The van der Waals surface area contributed by atoms with Crippen molar-refractivity contribution in [1.82, 2.24) is 0 Å². The number of phenols is 2. The molecule has 0 saturated carbocycles. The summed E-state index contributed by atoms with van der Waals surface area (Å²) in [5.74, 6) is -1.24. The zero-order chi connectivity index (χ0) is 7.72. The van der Waals surface area contributed by atoms with E-state index in [1.165, 1.54) is 0 Å². The molecule has 1 aromatic carbocycles. The van der Waals surface area contributed by atoms with E-state index >= 15 is 0 Å². The molecule has 0 fully saturated rings. The van der Waals surface area contributed by atoms with Crippen molar-refractivity contribution in [3.05, 3.63) is 12.1 Å². The molecule has 0 heterocycles. The summed E-state index contributed by atoms with van der Waals surface area (Å²) < 4.78 is 0. The van der Waals surface area contributed by atoms with Crippen molar-refractivity contribution in [2.24, 2.45) is 0 Å². The molecule has 10 heavy (non-hydrogen) atoms. The normalized spacial score (nSPS) is 9.60. The third kappa shape index (κ3) is 0.907. The third-order valence-electron chi connectivity index (χ3n) is 1.10. The van der Waals surface area contributed by atoms with Crippen LogP contribution in [-0.4, -0.2) is 10.2 Å². The number of nitrogen functional groups attached to an aromatic ring is 1. The largest absolute Gasteiger partial charge is 0.871 e. The highest BCUT2D eigenvalue weighted by Crippen LogP contribution is 2.31. The van der Waals surface area contributed by atoms with Crippen molar-refractivity contribution < 1.29 is 15.3 Å². The molecule has 1 aromatic rings. The fourth-order valence-electron chi connectivity index (χ4n) is 0.598. The second kappa shape index (κ2) is 1.98. The van der Waals surface area contributed by atoms with E-state index in [1.807, 2.05) is 0 Å². The van der Waals surface area contributed by atoms with Gasteiger partial charge in [0.15, 0.2) is 0 Å². The summed E-state index contributed by atoms with van der Waals surface area (Å²) in [4.78, 5) is 0. The highest BCUT2D eigenvalue weighted by molar-refractivity contribution is 5.63. The molecule has 0 spiro atoms. The van der Waals surface area contributed by atoms with E-state index in [0.717, 1.165) is 12.1 Å². The third-order valence-corrected chi connectivity index (χ3v) is 1.10. The zero-order valence-electron chi connectivity index (χ0n) is 5.03. The first kappa shape index (κ1) is 6.54. The van der Waals surface area contributed by atoms with Crippen molar-refractivity contribution in [3.8, 4) is 17.2 Å². The van der Waals surface area contributed by atoms with Crippen molar-refractivity contribution in [1.29, 1.82) is 0 Å². The number of benzene rings is 1. The van der Waals surface area contributed by atoms with Crippen molar-refractivity contribution in [2.45, 2.75) is 0 Å². The van der Waals surface area contributed by atoms with Gasteiger partial charge >= 0.3 is 0 Å². The van der Waals surface area contributed by atoms with Gasteiger partial charge in [0, 0.05) is 6.07 Å². The van der Waals surface area contributed by atoms with Crippen LogP contribution in [0.5, 0.6) is 17.2 Å². The van der Waals surface area contributed by atoms with E-state index in [4.69, 9.17) is 15.9 Å². The van der Waals surface area contributed by atoms with Gasteiger partial charge in [-0.3, -0.25) is 0 Å². The molecular formula is C6H6NO3-. The first-order valence-corrected chi connectivity index (χ1v) is 2.59. The monoisotopic (exact) mass is 140 g/mol. The Bertz CT molecular complexity index is 236. The van der Waals surface area contributed by atoms with Crippen molar-refractivity contribution in [3.63, 3.8) is 0 Å². The lowest BCUT2D eigenvalue weighted by molar-refractivity contribution is -0.267. The summed E-state index contributed by atoms with van der Waals surface area (Å²) in [6, 6.07) is 1.95. The van der Waals surface area contributed by atoms with Gasteiger partial charge in [-0.15, -0.1) is 0 Å². The average molecular weight is 140 g/mol. The number of anilines is 1. The Balaban J connectivity index is 3.31. The number of nitrogens with two attached hydrogens (primary N) is 1. The first-order chi connectivity index (χ1) is 4.61. The van der Waals surface area contributed by atoms with E-state index in [2.05, 4.69) is 0 Å². The van der Waals surface area contributed by atoms with Gasteiger partial charge in [-0.2, -0.15) is 0 Å². The number of phenolic OH excluding ortho intramolecular Hbond substituents is 2. The quantitative estimate of drug-likeness (QED) is 0.263. The number of hydrogen-bond acceptors (Lipinski definition) is 4. The van der Waals surface area contributed by atoms with E-state index in [9.17, 15) is 5.11 Å². The highest BCUT2D eigenvalue weighted by Gasteiger charge is 1.97. The molecule has 0 aliphatic rings. The minimum atomic E-state index is -0.572. The summed E-state index contributed by atoms with van der Waals surface area (Å²) in [6.07, 6.45) is 0. The molecule has 0 unspecified atom stereocenters. The molecule has 4 N–H and O–H groups in total. The minimum Gasteiger partial charge on any atom is -0.871 e. The lowest BCUT2D eigenvalue weighted by Crippen LogP contribution is -1.96. The number of rotatable bonds is 0. The summed E-state index contributed by atoms with van der Waals surface area (Å²) in [5, 5.41) is 28.1. The summed E-state index contributed by atoms with van der Waals surface area (Å²) in [6.45, 7) is 0. The van der Waals surface area contributed by atoms with Crippen LogP contribution in [0, 0.1) is 0 Å². The van der Waals surface area contributed by atoms with Gasteiger partial charge in [-0.1, -0.05) is 5.75 Å². The Morgan fingerprint density at radius 2 is 1.90 bits per heavy atom. The van der Waals surface area contributed by atoms with Crippen LogP contribution in [0.1, 0.15) is 0 Å². The lowest BCUT2D eigenvalue weighted by atomic mass is 10.2. The maximum atomic E-state index is 10.6. The van der Waals surface area contributed by atoms with E-state index in [1.54, 1.807) is 0 Å². The number of hydrogen-bond donors (Lipinski definition) is 3. The average Bonchev–Trinajstić information content (AvgIpc) is 1.82. The van der Waals surface area contributed by atoms with E-state index in [-0.39, 0.29) is 17.2 Å². The smallest absolute Gasteiger partial charge is 0.141 e. The van der Waals surface area contributed by atoms with E-state index < -0.39 is 5.75 Å². The molecule has 0 aromatic heterocycles. The summed E-state index contributed by atoms with van der Waals surface area (Å²) in [5.41, 5.74) is 4.84. The molecule has 1 rings (SSSR count). The molecule has 0 bridgehead atoms. The molecule has 54 valence electrons. The van der Waals surface area contributed by atoms with Gasteiger partial charge in [-0.25, -0.2) is 0 Å². The SMILES string of the molecule is Nc1c([O-])cc(O)cc1O. The number of aromatic hydroxyl groups is 2. The van der Waals surface area contributed by atoms with Crippen LogP contribution < -0.4 is 10.8 Å². The predicted octanol–water partition coefficient (Wildman–Crippen LogP) is -0.246. The lowest BCUT2D eigenvalue weighted by Gasteiger charge is -2.10. The van der Waals surface area contributed by atoms with Gasteiger partial charge in [0.2, 0.25) is 0 Å². The van der Waals surface area contributed by atoms with Crippen LogP contribution in [0.15, 0.2) is 12.1 Å². The molecule has 0 amide bonds. The standard InChI is InChI=1S/C6H7NO3/c7-6-4(9)1-3(8)2-5(6)10/h1-2,8-10H,7H2/p-1. The second-order valence-corrected chi connectivity index (χ2v) is 1.88. The predicted molar refractivity (Wildman–Crippen MR) is 33.6 cm³/mol. The summed E-state index contributed by atoms with van der Waals surface area (Å²) in [7, 11) is 0. The van der Waals surface area contributed by atoms with Crippen LogP contribution in [-0.2, 0) is 0 Å². The van der Waals surface area contributed by atoms with Gasteiger partial charge in [0.1, 0.15) is 11.5 Å². The van der Waals surface area contributed by atoms with Crippen LogP contribution in [0.2, 0.25) is 0 Å². The highest BCUT2D eigenvalue weighted by atomic mass is 16.3. The Morgan fingerprint density at radius 1 is 1.30 bits per heavy atom. The Kier molecular flexibility index (Phi) is 1.30. The van der Waals surface area contributed by atoms with Gasteiger partial charge in [-0.05, 0) is 6.07 Å². The Labute approximate surface area is 57.2 Å². The van der Waals surface area contributed by atoms with Gasteiger partial charge in [0.05, 0.1) is 5.69 Å².